The Kier molecular flexibility index (Phi) is 5.81. The van der Waals surface area contributed by atoms with Crippen molar-refractivity contribution >= 4 is 39.3 Å². The molecular formula is C12H17BrN2O3S. The Morgan fingerprint density at radius 3 is 2.53 bits per heavy atom. The fourth-order valence-corrected chi connectivity index (χ4v) is 3.26. The quantitative estimate of drug-likeness (QED) is 0.889. The van der Waals surface area contributed by atoms with E-state index in [0.717, 1.165) is 9.35 Å². The van der Waals surface area contributed by atoms with E-state index in [-0.39, 0.29) is 6.03 Å². The van der Waals surface area contributed by atoms with E-state index < -0.39 is 12.0 Å². The first-order valence-corrected chi connectivity index (χ1v) is 7.47. The number of carboxylic acids is 1. The lowest BCUT2D eigenvalue weighted by Gasteiger charge is -2.28. The number of thiophene rings is 1. The van der Waals surface area contributed by atoms with Gasteiger partial charge in [-0.15, -0.1) is 11.3 Å². The molecular weight excluding hydrogens is 332 g/mol. The number of hydrogen-bond acceptors (Lipinski definition) is 3. The van der Waals surface area contributed by atoms with Gasteiger partial charge >= 0.3 is 12.0 Å². The average molecular weight is 349 g/mol. The summed E-state index contributed by atoms with van der Waals surface area (Å²) in [5.74, 6) is -0.981. The van der Waals surface area contributed by atoms with Gasteiger partial charge in [-0.3, -0.25) is 0 Å². The van der Waals surface area contributed by atoms with E-state index in [4.69, 9.17) is 5.11 Å². The second-order valence-corrected chi connectivity index (χ2v) is 6.15. The third-order valence-electron chi connectivity index (χ3n) is 2.78. The van der Waals surface area contributed by atoms with Crippen molar-refractivity contribution in [2.75, 3.05) is 14.1 Å². The molecule has 0 aromatic carbocycles. The predicted molar refractivity (Wildman–Crippen MR) is 78.4 cm³/mol. The zero-order valence-corrected chi connectivity index (χ0v) is 13.5. The summed E-state index contributed by atoms with van der Waals surface area (Å²) in [6.07, 6.45) is 0.385. The number of carbonyl (C=O) groups excluding carboxylic acids is 1. The molecule has 0 fully saturated rings. The van der Waals surface area contributed by atoms with Crippen LogP contribution in [0.25, 0.3) is 0 Å². The number of amides is 2. The van der Waals surface area contributed by atoms with Gasteiger partial charge in [0.2, 0.25) is 0 Å². The van der Waals surface area contributed by atoms with E-state index in [0.29, 0.717) is 13.0 Å². The van der Waals surface area contributed by atoms with Gasteiger partial charge in [0.25, 0.3) is 0 Å². The lowest BCUT2D eigenvalue weighted by Crippen LogP contribution is -2.47. The van der Waals surface area contributed by atoms with Gasteiger partial charge in [0.05, 0.1) is 6.54 Å². The Morgan fingerprint density at radius 1 is 1.47 bits per heavy atom. The average Bonchev–Trinajstić information content (AvgIpc) is 2.73. The molecule has 0 aliphatic rings. The maximum absolute atomic E-state index is 12.1. The van der Waals surface area contributed by atoms with Crippen LogP contribution in [0.3, 0.4) is 0 Å². The van der Waals surface area contributed by atoms with Crippen LogP contribution in [0.1, 0.15) is 18.2 Å². The molecule has 1 atom stereocenters. The molecule has 0 radical (unpaired) electrons. The van der Waals surface area contributed by atoms with E-state index in [1.807, 2.05) is 11.4 Å². The van der Waals surface area contributed by atoms with E-state index in [1.165, 1.54) is 16.8 Å². The first kappa shape index (κ1) is 16.0. The summed E-state index contributed by atoms with van der Waals surface area (Å²) < 4.78 is 0.985. The summed E-state index contributed by atoms with van der Waals surface area (Å²) in [7, 11) is 3.19. The van der Waals surface area contributed by atoms with Gasteiger partial charge in [-0.05, 0) is 28.4 Å². The monoisotopic (exact) mass is 348 g/mol. The topological polar surface area (TPSA) is 60.9 Å². The van der Waals surface area contributed by atoms with Gasteiger partial charge in [0.15, 0.2) is 0 Å². The zero-order valence-electron chi connectivity index (χ0n) is 11.1. The van der Waals surface area contributed by atoms with Crippen LogP contribution in [0.15, 0.2) is 15.9 Å². The fourth-order valence-electron chi connectivity index (χ4n) is 1.75. The molecule has 0 saturated carbocycles. The zero-order chi connectivity index (χ0) is 14.6. The Labute approximate surface area is 124 Å². The molecule has 0 bridgehead atoms. The second kappa shape index (κ2) is 6.91. The van der Waals surface area contributed by atoms with Crippen LogP contribution in [0.2, 0.25) is 0 Å². The van der Waals surface area contributed by atoms with E-state index in [9.17, 15) is 9.59 Å². The fraction of sp³-hybridized carbons (Fsp3) is 0.500. The normalized spacial score (nSPS) is 12.0. The molecule has 5 nitrogen and oxygen atoms in total. The summed E-state index contributed by atoms with van der Waals surface area (Å²) in [5, 5.41) is 11.0. The van der Waals surface area contributed by atoms with Crippen molar-refractivity contribution in [2.24, 2.45) is 0 Å². The highest BCUT2D eigenvalue weighted by atomic mass is 79.9. The van der Waals surface area contributed by atoms with Crippen LogP contribution >= 0.6 is 27.3 Å². The van der Waals surface area contributed by atoms with Crippen molar-refractivity contribution in [3.05, 3.63) is 20.8 Å². The van der Waals surface area contributed by atoms with E-state index >= 15 is 0 Å². The highest BCUT2D eigenvalue weighted by Gasteiger charge is 2.26. The van der Waals surface area contributed by atoms with E-state index in [1.54, 1.807) is 25.3 Å². The largest absolute Gasteiger partial charge is 0.480 e. The molecule has 1 N–H and O–H groups in total. The summed E-state index contributed by atoms with van der Waals surface area (Å²) in [5.41, 5.74) is 0. The first-order valence-electron chi connectivity index (χ1n) is 5.80. The number of aliphatic carboxylic acids is 1. The molecule has 1 rings (SSSR count). The number of rotatable bonds is 5. The van der Waals surface area contributed by atoms with Gasteiger partial charge in [-0.25, -0.2) is 9.59 Å². The Balaban J connectivity index is 2.68. The molecule has 7 heteroatoms. The summed E-state index contributed by atoms with van der Waals surface area (Å²) >= 11 is 4.91. The third kappa shape index (κ3) is 4.21. The standard InChI is InChI=1S/C12H17BrN2O3S/c1-4-10(11(16)17)15(3)12(18)14(2)6-9-5-8(13)7-19-9/h5,7,10H,4,6H2,1-3H3,(H,16,17). The maximum Gasteiger partial charge on any atom is 0.326 e. The number of urea groups is 1. The smallest absolute Gasteiger partial charge is 0.326 e. The number of carboxylic acid groups (broad SMARTS) is 1. The van der Waals surface area contributed by atoms with Gasteiger partial charge in [-0.1, -0.05) is 6.92 Å². The SMILES string of the molecule is CCC(C(=O)O)N(C)C(=O)N(C)Cc1cc(Br)cs1. The van der Waals surface area contributed by atoms with Crippen LogP contribution < -0.4 is 0 Å². The molecule has 2 amide bonds. The Hall–Kier alpha value is -1.08. The predicted octanol–water partition coefficient (Wildman–Crippen LogP) is 2.86. The minimum atomic E-state index is -0.981. The van der Waals surface area contributed by atoms with Crippen molar-refractivity contribution < 1.29 is 14.7 Å². The second-order valence-electron chi connectivity index (χ2n) is 4.24. The van der Waals surface area contributed by atoms with Crippen LogP contribution in [0.4, 0.5) is 4.79 Å². The minimum absolute atomic E-state index is 0.293. The van der Waals surface area contributed by atoms with Crippen molar-refractivity contribution in [1.82, 2.24) is 9.80 Å². The molecule has 1 aromatic heterocycles. The van der Waals surface area contributed by atoms with Crippen molar-refractivity contribution in [3.8, 4) is 0 Å². The lowest BCUT2D eigenvalue weighted by atomic mass is 10.2. The minimum Gasteiger partial charge on any atom is -0.480 e. The molecule has 0 spiro atoms. The van der Waals surface area contributed by atoms with Crippen molar-refractivity contribution in [1.29, 1.82) is 0 Å². The van der Waals surface area contributed by atoms with Crippen LogP contribution in [0, 0.1) is 0 Å². The van der Waals surface area contributed by atoms with Crippen LogP contribution in [-0.4, -0.2) is 47.0 Å². The van der Waals surface area contributed by atoms with Crippen LogP contribution in [0.5, 0.6) is 0 Å². The Morgan fingerprint density at radius 2 is 2.11 bits per heavy atom. The van der Waals surface area contributed by atoms with E-state index in [2.05, 4.69) is 15.9 Å². The van der Waals surface area contributed by atoms with Crippen LogP contribution in [-0.2, 0) is 11.3 Å². The molecule has 106 valence electrons. The van der Waals surface area contributed by atoms with Gasteiger partial charge < -0.3 is 14.9 Å². The summed E-state index contributed by atoms with van der Waals surface area (Å²) in [4.78, 5) is 27.0. The molecule has 1 aromatic rings. The molecule has 1 unspecified atom stereocenters. The Bertz CT molecular complexity index is 464. The van der Waals surface area contributed by atoms with Gasteiger partial charge in [0, 0.05) is 28.8 Å². The number of carbonyl (C=O) groups is 2. The first-order chi connectivity index (χ1) is 8.86. The molecule has 0 aliphatic heterocycles. The van der Waals surface area contributed by atoms with Gasteiger partial charge in [-0.2, -0.15) is 0 Å². The molecule has 0 saturated heterocycles. The number of hydrogen-bond donors (Lipinski definition) is 1. The number of nitrogens with zero attached hydrogens (tertiary/aromatic N) is 2. The highest BCUT2D eigenvalue weighted by Crippen LogP contribution is 2.21. The van der Waals surface area contributed by atoms with Crippen molar-refractivity contribution in [2.45, 2.75) is 25.9 Å². The van der Waals surface area contributed by atoms with Crippen molar-refractivity contribution in [3.63, 3.8) is 0 Å². The summed E-state index contributed by atoms with van der Waals surface area (Å²) in [6.45, 7) is 2.22. The molecule has 19 heavy (non-hydrogen) atoms. The number of halogens is 1. The third-order valence-corrected chi connectivity index (χ3v) is 4.46. The summed E-state index contributed by atoms with van der Waals surface area (Å²) in [6, 6.07) is 0.868. The maximum atomic E-state index is 12.1. The highest BCUT2D eigenvalue weighted by molar-refractivity contribution is 9.10. The lowest BCUT2D eigenvalue weighted by molar-refractivity contribution is -0.142. The number of likely N-dealkylation sites (N-methyl/N-ethyl adjacent to an activating group) is 1. The molecule has 0 aliphatic carbocycles. The molecule has 1 heterocycles. The van der Waals surface area contributed by atoms with Gasteiger partial charge in [0.1, 0.15) is 6.04 Å².